The Kier molecular flexibility index (Phi) is 4.94. The Morgan fingerprint density at radius 1 is 0.931 bits per heavy atom. The molecule has 0 atom stereocenters. The maximum atomic E-state index is 12.4. The number of aryl methyl sites for hydroxylation is 1. The lowest BCUT2D eigenvalue weighted by Gasteiger charge is -2.32. The quantitative estimate of drug-likeness (QED) is 0.510. The molecule has 6 nitrogen and oxygen atoms in total. The molecular weight excluding hydrogens is 362 g/mol. The number of benzene rings is 2. The molecule has 1 saturated heterocycles. The number of nitrogens with one attached hydrogen (secondary N) is 1. The zero-order chi connectivity index (χ0) is 19.6. The minimum Gasteiger partial charge on any atom is -0.331 e. The van der Waals surface area contributed by atoms with Crippen molar-refractivity contribution in [3.8, 4) is 0 Å². The summed E-state index contributed by atoms with van der Waals surface area (Å²) in [6, 6.07) is 16.6. The second kappa shape index (κ2) is 7.87. The van der Waals surface area contributed by atoms with E-state index in [0.717, 1.165) is 62.0 Å². The number of rotatable bonds is 6. The number of nitrogens with zero attached hydrogens (tertiary/aromatic N) is 4. The third kappa shape index (κ3) is 3.60. The van der Waals surface area contributed by atoms with Crippen LogP contribution in [0, 0.1) is 0 Å². The molecule has 1 aliphatic rings. The van der Waals surface area contributed by atoms with Gasteiger partial charge in [-0.25, -0.2) is 9.78 Å². The van der Waals surface area contributed by atoms with Crippen LogP contribution < -0.4 is 5.69 Å². The number of aromatic amines is 1. The van der Waals surface area contributed by atoms with Crippen molar-refractivity contribution in [2.45, 2.75) is 38.3 Å². The van der Waals surface area contributed by atoms with Gasteiger partial charge in [0.05, 0.1) is 28.4 Å². The molecule has 0 amide bonds. The lowest BCUT2D eigenvalue weighted by Crippen LogP contribution is -2.37. The van der Waals surface area contributed by atoms with Crippen molar-refractivity contribution in [2.24, 2.45) is 0 Å². The van der Waals surface area contributed by atoms with Gasteiger partial charge in [0, 0.05) is 25.7 Å². The number of para-hydroxylation sites is 4. The average molecular weight is 390 g/mol. The summed E-state index contributed by atoms with van der Waals surface area (Å²) in [5.74, 6) is 0. The Bertz CT molecular complexity index is 1160. The summed E-state index contributed by atoms with van der Waals surface area (Å²) in [5.41, 5.74) is 4.28. The van der Waals surface area contributed by atoms with Gasteiger partial charge in [0.1, 0.15) is 0 Å². The largest absolute Gasteiger partial charge is 0.331 e. The standard InChI is InChI=1S/C23H27N5O/c29-23-25-20-8-2-4-10-22(20)28(23)18-11-15-26(16-12-18)13-5-6-14-27-17-24-19-7-1-3-9-21(19)27/h1-4,7-10,17-18H,5-6,11-16H2,(H,25,29). The van der Waals surface area contributed by atoms with E-state index in [1.807, 2.05) is 41.2 Å². The summed E-state index contributed by atoms with van der Waals surface area (Å²) in [7, 11) is 0. The van der Waals surface area contributed by atoms with E-state index < -0.39 is 0 Å². The fourth-order valence-electron chi connectivity index (χ4n) is 4.64. The van der Waals surface area contributed by atoms with Gasteiger partial charge >= 0.3 is 5.69 Å². The Morgan fingerprint density at radius 2 is 1.66 bits per heavy atom. The van der Waals surface area contributed by atoms with Crippen LogP contribution in [-0.4, -0.2) is 43.6 Å². The summed E-state index contributed by atoms with van der Waals surface area (Å²) >= 11 is 0. The number of fused-ring (bicyclic) bond motifs is 2. The van der Waals surface area contributed by atoms with Crippen LogP contribution in [0.5, 0.6) is 0 Å². The Balaban J connectivity index is 1.13. The van der Waals surface area contributed by atoms with Crippen LogP contribution >= 0.6 is 0 Å². The molecule has 150 valence electrons. The summed E-state index contributed by atoms with van der Waals surface area (Å²) in [6.07, 6.45) is 6.36. The molecule has 2 aromatic heterocycles. The van der Waals surface area contributed by atoms with E-state index in [1.165, 1.54) is 11.9 Å². The Labute approximate surface area is 169 Å². The van der Waals surface area contributed by atoms with E-state index >= 15 is 0 Å². The first-order valence-electron chi connectivity index (χ1n) is 10.6. The van der Waals surface area contributed by atoms with E-state index in [1.54, 1.807) is 0 Å². The molecule has 0 aliphatic carbocycles. The number of unbranched alkanes of at least 4 members (excludes halogenated alkanes) is 1. The molecule has 1 fully saturated rings. The second-order valence-electron chi connectivity index (χ2n) is 8.02. The minimum absolute atomic E-state index is 0.0252. The number of aromatic nitrogens is 4. The van der Waals surface area contributed by atoms with Gasteiger partial charge in [0.15, 0.2) is 0 Å². The van der Waals surface area contributed by atoms with Crippen LogP contribution in [0.2, 0.25) is 0 Å². The Hall–Kier alpha value is -2.86. The van der Waals surface area contributed by atoms with Crippen molar-refractivity contribution >= 4 is 22.1 Å². The predicted molar refractivity (Wildman–Crippen MR) is 116 cm³/mol. The molecule has 0 radical (unpaired) electrons. The van der Waals surface area contributed by atoms with Crippen LogP contribution in [0.4, 0.5) is 0 Å². The van der Waals surface area contributed by atoms with Crippen molar-refractivity contribution in [3.05, 3.63) is 65.3 Å². The normalized spacial score (nSPS) is 16.1. The van der Waals surface area contributed by atoms with Crippen LogP contribution in [0.3, 0.4) is 0 Å². The second-order valence-corrected chi connectivity index (χ2v) is 8.02. The summed E-state index contributed by atoms with van der Waals surface area (Å²) in [6.45, 7) is 4.26. The van der Waals surface area contributed by atoms with Gasteiger partial charge in [-0.3, -0.25) is 4.57 Å². The monoisotopic (exact) mass is 389 g/mol. The third-order valence-electron chi connectivity index (χ3n) is 6.20. The number of H-pyrrole nitrogens is 1. The van der Waals surface area contributed by atoms with Gasteiger partial charge < -0.3 is 14.5 Å². The molecule has 6 heteroatoms. The number of likely N-dealkylation sites (tertiary alicyclic amines) is 1. The van der Waals surface area contributed by atoms with E-state index in [9.17, 15) is 4.79 Å². The number of hydrogen-bond donors (Lipinski definition) is 1. The van der Waals surface area contributed by atoms with Crippen molar-refractivity contribution in [2.75, 3.05) is 19.6 Å². The fourth-order valence-corrected chi connectivity index (χ4v) is 4.64. The van der Waals surface area contributed by atoms with E-state index in [4.69, 9.17) is 0 Å². The highest BCUT2D eigenvalue weighted by molar-refractivity contribution is 5.75. The molecule has 0 saturated carbocycles. The maximum Gasteiger partial charge on any atom is 0.326 e. The van der Waals surface area contributed by atoms with Gasteiger partial charge in [-0.1, -0.05) is 24.3 Å². The molecule has 0 spiro atoms. The van der Waals surface area contributed by atoms with E-state index in [0.29, 0.717) is 6.04 Å². The molecule has 1 N–H and O–H groups in total. The fraction of sp³-hybridized carbons (Fsp3) is 0.391. The molecule has 0 unspecified atom stereocenters. The lowest BCUT2D eigenvalue weighted by molar-refractivity contribution is 0.183. The zero-order valence-corrected chi connectivity index (χ0v) is 16.6. The third-order valence-corrected chi connectivity index (χ3v) is 6.20. The highest BCUT2D eigenvalue weighted by Gasteiger charge is 2.23. The number of hydrogen-bond acceptors (Lipinski definition) is 3. The maximum absolute atomic E-state index is 12.4. The van der Waals surface area contributed by atoms with Crippen molar-refractivity contribution in [3.63, 3.8) is 0 Å². The zero-order valence-electron chi connectivity index (χ0n) is 16.6. The number of piperidine rings is 1. The molecule has 1 aliphatic heterocycles. The Morgan fingerprint density at radius 3 is 2.52 bits per heavy atom. The van der Waals surface area contributed by atoms with Gasteiger partial charge in [0.2, 0.25) is 0 Å². The van der Waals surface area contributed by atoms with E-state index in [2.05, 4.69) is 37.6 Å². The predicted octanol–water partition coefficient (Wildman–Crippen LogP) is 3.80. The number of imidazole rings is 2. The molecule has 4 aromatic rings. The van der Waals surface area contributed by atoms with E-state index in [-0.39, 0.29) is 5.69 Å². The van der Waals surface area contributed by atoms with Crippen LogP contribution in [0.15, 0.2) is 59.7 Å². The molecule has 5 rings (SSSR count). The average Bonchev–Trinajstić information content (AvgIpc) is 3.32. The molecule has 3 heterocycles. The highest BCUT2D eigenvalue weighted by atomic mass is 16.1. The molecule has 29 heavy (non-hydrogen) atoms. The summed E-state index contributed by atoms with van der Waals surface area (Å²) in [5, 5.41) is 0. The van der Waals surface area contributed by atoms with Crippen LogP contribution in [0.1, 0.15) is 31.7 Å². The van der Waals surface area contributed by atoms with Gasteiger partial charge in [-0.15, -0.1) is 0 Å². The first kappa shape index (κ1) is 18.2. The van der Waals surface area contributed by atoms with Gasteiger partial charge in [-0.05, 0) is 56.5 Å². The molecule has 0 bridgehead atoms. The first-order chi connectivity index (χ1) is 14.3. The van der Waals surface area contributed by atoms with Crippen LogP contribution in [0.25, 0.3) is 22.1 Å². The van der Waals surface area contributed by atoms with Crippen LogP contribution in [-0.2, 0) is 6.54 Å². The summed E-state index contributed by atoms with van der Waals surface area (Å²) in [4.78, 5) is 22.4. The SMILES string of the molecule is O=c1[nH]c2ccccc2n1C1CCN(CCCCn2cnc3ccccc32)CC1. The molecular formula is C23H27N5O. The minimum atomic E-state index is 0.0252. The summed E-state index contributed by atoms with van der Waals surface area (Å²) < 4.78 is 4.22. The van der Waals surface area contributed by atoms with Crippen molar-refractivity contribution in [1.82, 2.24) is 24.0 Å². The smallest absolute Gasteiger partial charge is 0.326 e. The van der Waals surface area contributed by atoms with Gasteiger partial charge in [-0.2, -0.15) is 0 Å². The highest BCUT2D eigenvalue weighted by Crippen LogP contribution is 2.25. The lowest BCUT2D eigenvalue weighted by atomic mass is 10.0. The van der Waals surface area contributed by atoms with Gasteiger partial charge in [0.25, 0.3) is 0 Å². The first-order valence-corrected chi connectivity index (χ1v) is 10.6. The van der Waals surface area contributed by atoms with Crippen molar-refractivity contribution < 1.29 is 0 Å². The topological polar surface area (TPSA) is 58.9 Å². The van der Waals surface area contributed by atoms with Crippen molar-refractivity contribution in [1.29, 1.82) is 0 Å². The molecule has 2 aromatic carbocycles.